The number of carbonyl (C=O) groups is 1. The molecule has 0 atom stereocenters. The molecule has 0 saturated heterocycles. The average Bonchev–Trinajstić information content (AvgIpc) is 2.66. The molecule has 0 spiro atoms. The Hall–Kier alpha value is -1.10. The molecule has 2 N–H and O–H groups in total. The molecule has 0 unspecified atom stereocenters. The minimum Gasteiger partial charge on any atom is -0.480 e. The topological polar surface area (TPSA) is 62.2 Å². The molecule has 1 fully saturated rings. The zero-order valence-electron chi connectivity index (χ0n) is 10.7. The van der Waals surface area contributed by atoms with Crippen LogP contribution in [0.3, 0.4) is 0 Å². The van der Waals surface area contributed by atoms with Crippen LogP contribution in [0.4, 0.5) is 5.13 Å². The maximum atomic E-state index is 11.6. The van der Waals surface area contributed by atoms with Gasteiger partial charge in [-0.3, -0.25) is 0 Å². The monoisotopic (exact) mass is 268 g/mol. The van der Waals surface area contributed by atoms with Crippen molar-refractivity contribution in [3.8, 4) is 0 Å². The summed E-state index contributed by atoms with van der Waals surface area (Å²) in [5.74, 6) is -0.738. The van der Waals surface area contributed by atoms with E-state index in [1.165, 1.54) is 11.3 Å². The Kier molecular flexibility index (Phi) is 4.22. The first-order valence-corrected chi connectivity index (χ1v) is 7.50. The van der Waals surface area contributed by atoms with Gasteiger partial charge in [-0.05, 0) is 19.3 Å². The van der Waals surface area contributed by atoms with Crippen molar-refractivity contribution < 1.29 is 9.90 Å². The van der Waals surface area contributed by atoms with Gasteiger partial charge in [0.1, 0.15) is 5.54 Å². The number of thiazole rings is 1. The average molecular weight is 268 g/mol. The van der Waals surface area contributed by atoms with E-state index in [9.17, 15) is 9.90 Å². The summed E-state index contributed by atoms with van der Waals surface area (Å²) in [7, 11) is 0. The lowest BCUT2D eigenvalue weighted by molar-refractivity contribution is -0.142. The van der Waals surface area contributed by atoms with Crippen molar-refractivity contribution in [3.63, 3.8) is 0 Å². The third-order valence-corrected chi connectivity index (χ3v) is 4.43. The number of nitrogens with one attached hydrogen (secondary N) is 1. The van der Waals surface area contributed by atoms with Crippen molar-refractivity contribution in [1.82, 2.24) is 4.98 Å². The van der Waals surface area contributed by atoms with Crippen LogP contribution < -0.4 is 5.32 Å². The van der Waals surface area contributed by atoms with E-state index in [4.69, 9.17) is 0 Å². The summed E-state index contributed by atoms with van der Waals surface area (Å²) in [5, 5.41) is 15.5. The Morgan fingerprint density at radius 1 is 1.44 bits per heavy atom. The normalized spacial score (nSPS) is 19.2. The maximum absolute atomic E-state index is 11.6. The first-order valence-electron chi connectivity index (χ1n) is 6.62. The van der Waals surface area contributed by atoms with Gasteiger partial charge < -0.3 is 10.4 Å². The van der Waals surface area contributed by atoms with Crippen LogP contribution in [0.1, 0.15) is 51.1 Å². The second kappa shape index (κ2) is 5.69. The van der Waals surface area contributed by atoms with Crippen LogP contribution >= 0.6 is 11.3 Å². The van der Waals surface area contributed by atoms with E-state index in [0.29, 0.717) is 12.8 Å². The predicted molar refractivity (Wildman–Crippen MR) is 73.2 cm³/mol. The first kappa shape index (κ1) is 13.3. The van der Waals surface area contributed by atoms with Gasteiger partial charge in [-0.25, -0.2) is 9.78 Å². The fraction of sp³-hybridized carbons (Fsp3) is 0.692. The van der Waals surface area contributed by atoms with Gasteiger partial charge in [-0.2, -0.15) is 0 Å². The lowest BCUT2D eigenvalue weighted by Gasteiger charge is -2.28. The molecule has 1 aliphatic rings. The fourth-order valence-corrected chi connectivity index (χ4v) is 3.35. The first-order chi connectivity index (χ1) is 8.66. The number of hydrogen-bond acceptors (Lipinski definition) is 4. The fourth-order valence-electron chi connectivity index (χ4n) is 2.46. The number of anilines is 1. The molecule has 0 amide bonds. The van der Waals surface area contributed by atoms with Gasteiger partial charge in [-0.15, -0.1) is 11.3 Å². The van der Waals surface area contributed by atoms with Crippen molar-refractivity contribution in [2.24, 2.45) is 0 Å². The summed E-state index contributed by atoms with van der Waals surface area (Å²) >= 11 is 1.50. The third-order valence-electron chi connectivity index (χ3n) is 3.63. The Balaban J connectivity index is 2.16. The molecule has 4 nitrogen and oxygen atoms in total. The molecule has 0 aromatic carbocycles. The molecule has 1 aliphatic carbocycles. The number of carboxylic acid groups (broad SMARTS) is 1. The highest BCUT2D eigenvalue weighted by Gasteiger charge is 2.39. The summed E-state index contributed by atoms with van der Waals surface area (Å²) in [6.45, 7) is 2.05. The molecule has 0 aliphatic heterocycles. The van der Waals surface area contributed by atoms with Gasteiger partial charge in [0.25, 0.3) is 0 Å². The summed E-state index contributed by atoms with van der Waals surface area (Å²) in [5.41, 5.74) is 0.219. The highest BCUT2D eigenvalue weighted by atomic mass is 32.1. The molecule has 1 aromatic rings. The van der Waals surface area contributed by atoms with Gasteiger partial charge in [0.15, 0.2) is 5.13 Å². The van der Waals surface area contributed by atoms with Crippen molar-refractivity contribution in [2.45, 2.75) is 57.4 Å². The molecule has 0 radical (unpaired) electrons. The van der Waals surface area contributed by atoms with E-state index in [2.05, 4.69) is 17.2 Å². The zero-order chi connectivity index (χ0) is 13.0. The summed E-state index contributed by atoms with van der Waals surface area (Å²) in [6, 6.07) is 0. The van der Waals surface area contributed by atoms with Crippen LogP contribution in [0.5, 0.6) is 0 Å². The van der Waals surface area contributed by atoms with Gasteiger partial charge >= 0.3 is 5.97 Å². The number of rotatable bonds is 4. The molecular weight excluding hydrogens is 248 g/mol. The van der Waals surface area contributed by atoms with Crippen LogP contribution in [0.2, 0.25) is 0 Å². The van der Waals surface area contributed by atoms with Crippen molar-refractivity contribution in [1.29, 1.82) is 0 Å². The zero-order valence-corrected chi connectivity index (χ0v) is 11.6. The smallest absolute Gasteiger partial charge is 0.329 e. The third kappa shape index (κ3) is 2.83. The van der Waals surface area contributed by atoms with Crippen molar-refractivity contribution in [3.05, 3.63) is 11.1 Å². The molecule has 1 heterocycles. The second-order valence-corrected chi connectivity index (χ2v) is 5.78. The van der Waals surface area contributed by atoms with Gasteiger partial charge in [0, 0.05) is 5.38 Å². The minimum atomic E-state index is -0.806. The van der Waals surface area contributed by atoms with Crippen LogP contribution in [-0.4, -0.2) is 21.6 Å². The SMILES string of the molecule is CCc1csc(NC2(C(=O)O)CCCCCC2)n1. The van der Waals surface area contributed by atoms with E-state index in [1.54, 1.807) is 0 Å². The highest BCUT2D eigenvalue weighted by Crippen LogP contribution is 2.32. The molecule has 5 heteroatoms. The van der Waals surface area contributed by atoms with Crippen LogP contribution in [0, 0.1) is 0 Å². The molecule has 100 valence electrons. The highest BCUT2D eigenvalue weighted by molar-refractivity contribution is 7.13. The van der Waals surface area contributed by atoms with Gasteiger partial charge in [0.2, 0.25) is 0 Å². The van der Waals surface area contributed by atoms with Crippen LogP contribution in [0.15, 0.2) is 5.38 Å². The standard InChI is InChI=1S/C13H20N2O2S/c1-2-10-9-18-12(14-10)15-13(11(16)17)7-5-3-4-6-8-13/h9H,2-8H2,1H3,(H,14,15)(H,16,17). The number of carboxylic acids is 1. The van der Waals surface area contributed by atoms with Gasteiger partial charge in [-0.1, -0.05) is 32.6 Å². The van der Waals surface area contributed by atoms with Crippen molar-refractivity contribution >= 4 is 22.4 Å². The van der Waals surface area contributed by atoms with E-state index in [-0.39, 0.29) is 0 Å². The predicted octanol–water partition coefficient (Wildman–Crippen LogP) is 3.30. The Morgan fingerprint density at radius 3 is 2.61 bits per heavy atom. The number of hydrogen-bond donors (Lipinski definition) is 2. The van der Waals surface area contributed by atoms with Crippen molar-refractivity contribution in [2.75, 3.05) is 5.32 Å². The second-order valence-electron chi connectivity index (χ2n) is 4.92. The molecule has 1 aromatic heterocycles. The molecule has 0 bridgehead atoms. The number of nitrogens with zero attached hydrogens (tertiary/aromatic N) is 1. The number of aryl methyl sites for hydroxylation is 1. The summed E-state index contributed by atoms with van der Waals surface area (Å²) in [4.78, 5) is 16.0. The van der Waals surface area contributed by atoms with Crippen LogP contribution in [0.25, 0.3) is 0 Å². The number of aliphatic carboxylic acids is 1. The number of aromatic nitrogens is 1. The molecule has 18 heavy (non-hydrogen) atoms. The van der Waals surface area contributed by atoms with E-state index < -0.39 is 11.5 Å². The lowest BCUT2D eigenvalue weighted by atomic mass is 9.90. The van der Waals surface area contributed by atoms with E-state index in [1.807, 2.05) is 5.38 Å². The lowest BCUT2D eigenvalue weighted by Crippen LogP contribution is -2.46. The Bertz CT molecular complexity index is 409. The van der Waals surface area contributed by atoms with E-state index in [0.717, 1.165) is 42.9 Å². The Labute approximate surface area is 111 Å². The van der Waals surface area contributed by atoms with E-state index >= 15 is 0 Å². The minimum absolute atomic E-state index is 0.698. The molecule has 2 rings (SSSR count). The van der Waals surface area contributed by atoms with Gasteiger partial charge in [0.05, 0.1) is 5.69 Å². The van der Waals surface area contributed by atoms with Crippen LogP contribution in [-0.2, 0) is 11.2 Å². The Morgan fingerprint density at radius 2 is 2.11 bits per heavy atom. The summed E-state index contributed by atoms with van der Waals surface area (Å²) in [6.07, 6.45) is 6.51. The maximum Gasteiger partial charge on any atom is 0.329 e. The molecular formula is C13H20N2O2S. The molecule has 1 saturated carbocycles. The largest absolute Gasteiger partial charge is 0.480 e. The quantitative estimate of drug-likeness (QED) is 0.822. The summed E-state index contributed by atoms with van der Waals surface area (Å²) < 4.78 is 0.